The van der Waals surface area contributed by atoms with Crippen molar-refractivity contribution in [3.05, 3.63) is 0 Å². The first kappa shape index (κ1) is 19.1. The molecule has 0 bridgehead atoms. The van der Waals surface area contributed by atoms with Gasteiger partial charge in [-0.25, -0.2) is 0 Å². The summed E-state index contributed by atoms with van der Waals surface area (Å²) in [6, 6.07) is 0.185. The van der Waals surface area contributed by atoms with Crippen LogP contribution in [-0.2, 0) is 14.3 Å². The predicted molar refractivity (Wildman–Crippen MR) is 80.0 cm³/mol. The lowest BCUT2D eigenvalue weighted by Crippen LogP contribution is -2.42. The third kappa shape index (κ3) is 8.35. The summed E-state index contributed by atoms with van der Waals surface area (Å²) in [7, 11) is 0. The molecule has 2 unspecified atom stereocenters. The lowest BCUT2D eigenvalue weighted by atomic mass is 10.2. The van der Waals surface area contributed by atoms with Crippen LogP contribution in [-0.4, -0.2) is 50.2 Å². The van der Waals surface area contributed by atoms with Crippen LogP contribution in [0.5, 0.6) is 0 Å². The number of carbonyl (C=O) groups is 2. The number of ether oxygens (including phenoxy) is 1. The average Bonchev–Trinajstić information content (AvgIpc) is 2.39. The highest BCUT2D eigenvalue weighted by Crippen LogP contribution is 2.00. The molecule has 0 radical (unpaired) electrons. The van der Waals surface area contributed by atoms with Crippen molar-refractivity contribution in [3.63, 3.8) is 0 Å². The van der Waals surface area contributed by atoms with E-state index in [2.05, 4.69) is 16.0 Å². The molecule has 0 aromatic heterocycles. The van der Waals surface area contributed by atoms with Crippen LogP contribution in [0.1, 0.15) is 33.1 Å². The van der Waals surface area contributed by atoms with Gasteiger partial charge in [0.25, 0.3) is 0 Å². The molecule has 3 N–H and O–H groups in total. The van der Waals surface area contributed by atoms with Crippen molar-refractivity contribution in [3.8, 4) is 0 Å². The van der Waals surface area contributed by atoms with E-state index in [0.29, 0.717) is 32.5 Å². The Hall–Kier alpha value is -0.850. The van der Waals surface area contributed by atoms with Crippen molar-refractivity contribution >= 4 is 24.2 Å². The van der Waals surface area contributed by atoms with Gasteiger partial charge in [-0.1, -0.05) is 6.92 Å². The number of morpholine rings is 1. The smallest absolute Gasteiger partial charge is 0.222 e. The third-order valence-electron chi connectivity index (χ3n) is 3.11. The van der Waals surface area contributed by atoms with Gasteiger partial charge < -0.3 is 20.7 Å². The minimum Gasteiger partial charge on any atom is -0.375 e. The monoisotopic (exact) mass is 307 g/mol. The molecule has 7 heteroatoms. The van der Waals surface area contributed by atoms with Gasteiger partial charge in [0.2, 0.25) is 11.8 Å². The zero-order valence-electron chi connectivity index (χ0n) is 12.2. The van der Waals surface area contributed by atoms with Gasteiger partial charge in [0, 0.05) is 32.1 Å². The summed E-state index contributed by atoms with van der Waals surface area (Å²) in [6.07, 6.45) is 1.52. The third-order valence-corrected chi connectivity index (χ3v) is 3.11. The minimum absolute atomic E-state index is 0. The second-order valence-electron chi connectivity index (χ2n) is 4.88. The maximum absolute atomic E-state index is 11.6. The number of carbonyl (C=O) groups excluding carboxylic acids is 2. The van der Waals surface area contributed by atoms with Gasteiger partial charge in [-0.15, -0.1) is 12.4 Å². The van der Waals surface area contributed by atoms with Gasteiger partial charge in [-0.2, -0.15) is 0 Å². The van der Waals surface area contributed by atoms with Gasteiger partial charge in [-0.05, 0) is 13.3 Å². The van der Waals surface area contributed by atoms with E-state index in [-0.39, 0.29) is 36.4 Å². The fraction of sp³-hybridized carbons (Fsp3) is 0.846. The van der Waals surface area contributed by atoms with Crippen LogP contribution in [0.15, 0.2) is 0 Å². The van der Waals surface area contributed by atoms with E-state index in [1.54, 1.807) is 0 Å². The number of halogens is 1. The summed E-state index contributed by atoms with van der Waals surface area (Å²) >= 11 is 0. The number of rotatable bonds is 7. The highest BCUT2D eigenvalue weighted by atomic mass is 35.5. The van der Waals surface area contributed by atoms with Crippen LogP contribution in [0.3, 0.4) is 0 Å². The molecule has 0 aromatic carbocycles. The Kier molecular flexibility index (Phi) is 10.4. The van der Waals surface area contributed by atoms with Crippen LogP contribution in [0.2, 0.25) is 0 Å². The lowest BCUT2D eigenvalue weighted by Gasteiger charge is -2.23. The zero-order chi connectivity index (χ0) is 14.1. The van der Waals surface area contributed by atoms with E-state index < -0.39 is 0 Å². The standard InChI is InChI=1S/C13H25N3O3.ClH/c1-3-10(2)16-12(17)4-5-15-13(18)8-11-9-14-6-7-19-11;/h10-11,14H,3-9H2,1-2H3,(H,15,18)(H,16,17);1H. The topological polar surface area (TPSA) is 79.5 Å². The first-order valence-corrected chi connectivity index (χ1v) is 7.00. The van der Waals surface area contributed by atoms with Crippen molar-refractivity contribution in [1.29, 1.82) is 0 Å². The van der Waals surface area contributed by atoms with Crippen LogP contribution >= 0.6 is 12.4 Å². The lowest BCUT2D eigenvalue weighted by molar-refractivity contribution is -0.124. The SMILES string of the molecule is CCC(C)NC(=O)CCNC(=O)CC1CNCCO1.Cl. The van der Waals surface area contributed by atoms with Gasteiger partial charge >= 0.3 is 0 Å². The Bertz CT molecular complexity index is 297. The summed E-state index contributed by atoms with van der Waals surface area (Å²) in [4.78, 5) is 23.1. The summed E-state index contributed by atoms with van der Waals surface area (Å²) < 4.78 is 5.44. The van der Waals surface area contributed by atoms with Crippen molar-refractivity contribution in [2.24, 2.45) is 0 Å². The summed E-state index contributed by atoms with van der Waals surface area (Å²) in [6.45, 7) is 6.56. The number of hydrogen-bond donors (Lipinski definition) is 3. The fourth-order valence-electron chi connectivity index (χ4n) is 1.79. The molecular weight excluding hydrogens is 282 g/mol. The molecule has 2 amide bonds. The van der Waals surface area contributed by atoms with E-state index in [9.17, 15) is 9.59 Å². The Morgan fingerprint density at radius 3 is 2.75 bits per heavy atom. The van der Waals surface area contributed by atoms with Crippen LogP contribution < -0.4 is 16.0 Å². The van der Waals surface area contributed by atoms with E-state index in [1.165, 1.54) is 0 Å². The van der Waals surface area contributed by atoms with Crippen LogP contribution in [0, 0.1) is 0 Å². The molecule has 1 saturated heterocycles. The maximum Gasteiger partial charge on any atom is 0.222 e. The number of nitrogens with one attached hydrogen (secondary N) is 3. The molecule has 6 nitrogen and oxygen atoms in total. The Balaban J connectivity index is 0.00000361. The van der Waals surface area contributed by atoms with Crippen molar-refractivity contribution < 1.29 is 14.3 Å². The van der Waals surface area contributed by atoms with Gasteiger partial charge in [0.15, 0.2) is 0 Å². The van der Waals surface area contributed by atoms with Gasteiger partial charge in [-0.3, -0.25) is 9.59 Å². The first-order valence-electron chi connectivity index (χ1n) is 7.00. The van der Waals surface area contributed by atoms with E-state index >= 15 is 0 Å². The molecule has 1 fully saturated rings. The Morgan fingerprint density at radius 1 is 1.40 bits per heavy atom. The minimum atomic E-state index is -0.0648. The second-order valence-corrected chi connectivity index (χ2v) is 4.88. The molecule has 118 valence electrons. The Morgan fingerprint density at radius 2 is 2.15 bits per heavy atom. The molecule has 2 atom stereocenters. The van der Waals surface area contributed by atoms with Gasteiger partial charge in [0.05, 0.1) is 19.1 Å². The molecule has 0 saturated carbocycles. The average molecular weight is 308 g/mol. The summed E-state index contributed by atoms with van der Waals surface area (Å²) in [5.74, 6) is -0.0877. The molecule has 1 rings (SSSR count). The van der Waals surface area contributed by atoms with Gasteiger partial charge in [0.1, 0.15) is 0 Å². The zero-order valence-corrected chi connectivity index (χ0v) is 13.1. The van der Waals surface area contributed by atoms with E-state index in [0.717, 1.165) is 13.0 Å². The normalized spacial score (nSPS) is 19.6. The Labute approximate surface area is 126 Å². The van der Waals surface area contributed by atoms with E-state index in [1.807, 2.05) is 13.8 Å². The number of hydrogen-bond acceptors (Lipinski definition) is 4. The molecule has 1 heterocycles. The molecule has 0 aromatic rings. The summed E-state index contributed by atoms with van der Waals surface area (Å²) in [5, 5.41) is 8.78. The first-order chi connectivity index (χ1) is 9.11. The molecule has 0 spiro atoms. The largest absolute Gasteiger partial charge is 0.375 e. The van der Waals surface area contributed by atoms with Crippen molar-refractivity contribution in [2.75, 3.05) is 26.2 Å². The molecular formula is C13H26ClN3O3. The molecule has 0 aliphatic carbocycles. The quantitative estimate of drug-likeness (QED) is 0.628. The fourth-order valence-corrected chi connectivity index (χ4v) is 1.79. The maximum atomic E-state index is 11.6. The van der Waals surface area contributed by atoms with Crippen LogP contribution in [0.4, 0.5) is 0 Å². The molecule has 20 heavy (non-hydrogen) atoms. The molecule has 1 aliphatic rings. The molecule has 1 aliphatic heterocycles. The highest BCUT2D eigenvalue weighted by Gasteiger charge is 2.17. The highest BCUT2D eigenvalue weighted by molar-refractivity contribution is 5.85. The van der Waals surface area contributed by atoms with Crippen LogP contribution in [0.25, 0.3) is 0 Å². The summed E-state index contributed by atoms with van der Waals surface area (Å²) in [5.41, 5.74) is 0. The predicted octanol–water partition coefficient (Wildman–Crippen LogP) is 0.208. The second kappa shape index (κ2) is 10.9. The van der Waals surface area contributed by atoms with E-state index in [4.69, 9.17) is 4.74 Å². The van der Waals surface area contributed by atoms with Crippen molar-refractivity contribution in [2.45, 2.75) is 45.3 Å². The van der Waals surface area contributed by atoms with Crippen molar-refractivity contribution in [1.82, 2.24) is 16.0 Å². The number of amides is 2.